The molecule has 0 aliphatic heterocycles. The molecule has 0 aromatic heterocycles. The van der Waals surface area contributed by atoms with Crippen LogP contribution in [0.15, 0.2) is 126 Å². The molecule has 188 valence electrons. The van der Waals surface area contributed by atoms with Crippen LogP contribution in [0.1, 0.15) is 40.5 Å². The van der Waals surface area contributed by atoms with Crippen molar-refractivity contribution in [2.24, 2.45) is 5.41 Å². The predicted molar refractivity (Wildman–Crippen MR) is 155 cm³/mol. The molecule has 36 heavy (non-hydrogen) atoms. The number of aliphatic hydroxyl groups is 1. The summed E-state index contributed by atoms with van der Waals surface area (Å²) in [7, 11) is -1.86. The van der Waals surface area contributed by atoms with Crippen LogP contribution in [-0.2, 0) is 0 Å². The molecule has 3 aromatic rings. The second kappa shape index (κ2) is 12.2. The molecule has 0 spiro atoms. The van der Waals surface area contributed by atoms with E-state index in [1.807, 2.05) is 0 Å². The summed E-state index contributed by atoms with van der Waals surface area (Å²) in [5.74, 6) is 0. The Labute approximate surface area is 224 Å². The third-order valence-electron chi connectivity index (χ3n) is 7.27. The van der Waals surface area contributed by atoms with Crippen LogP contribution in [0.25, 0.3) is 0 Å². The lowest BCUT2D eigenvalue weighted by atomic mass is 9.71. The van der Waals surface area contributed by atoms with Crippen molar-refractivity contribution in [1.29, 1.82) is 0 Å². The molecule has 1 aliphatic carbocycles. The summed E-state index contributed by atoms with van der Waals surface area (Å²) in [6.07, 6.45) is 9.33. The van der Waals surface area contributed by atoms with Crippen molar-refractivity contribution in [1.82, 2.24) is 0 Å². The molecule has 0 fully saturated rings. The van der Waals surface area contributed by atoms with Gasteiger partial charge in [-0.15, -0.1) is 0 Å². The lowest BCUT2D eigenvalue weighted by Crippen LogP contribution is -3.00. The maximum absolute atomic E-state index is 10.2. The SMILES string of the molecule is CC1=C(/C=C/C(C)=C/C[P+](c2ccccc2)(c2ccccc2)c2ccccc2)C(C)(C)C[C@@H](O)C1.[Cl-]. The monoisotopic (exact) mass is 516 g/mol. The van der Waals surface area contributed by atoms with Crippen LogP contribution in [0.4, 0.5) is 0 Å². The van der Waals surface area contributed by atoms with Crippen LogP contribution < -0.4 is 28.3 Å². The standard InChI is InChI=1S/C33H38OP.ClH/c1-26(20-21-32-27(2)24-28(34)25-33(32,3)4)22-23-35(29-14-8-5-9-15-29,30-16-10-6-11-17-30)31-18-12-7-13-19-31;/h5-22,28,34H,23-25H2,1-4H3;1H/q+1;/p-1/b21-20+,26-22+;/t28-;/m0./s1. The maximum Gasteiger partial charge on any atom is 0.115 e. The number of hydrogen-bond donors (Lipinski definition) is 1. The van der Waals surface area contributed by atoms with Gasteiger partial charge in [0.2, 0.25) is 0 Å². The Morgan fingerprint density at radius 2 is 1.31 bits per heavy atom. The lowest BCUT2D eigenvalue weighted by molar-refractivity contribution is -0.0000117. The highest BCUT2D eigenvalue weighted by Gasteiger charge is 2.44. The van der Waals surface area contributed by atoms with Crippen LogP contribution in [0.5, 0.6) is 0 Å². The van der Waals surface area contributed by atoms with E-state index in [-0.39, 0.29) is 23.9 Å². The molecular weight excluding hydrogens is 479 g/mol. The van der Waals surface area contributed by atoms with Gasteiger partial charge in [-0.3, -0.25) is 0 Å². The second-order valence-corrected chi connectivity index (χ2v) is 14.0. The average molecular weight is 517 g/mol. The Bertz CT molecular complexity index is 1110. The summed E-state index contributed by atoms with van der Waals surface area (Å²) in [4.78, 5) is 0. The molecule has 0 heterocycles. The first kappa shape index (κ1) is 28.1. The highest BCUT2D eigenvalue weighted by molar-refractivity contribution is 7.95. The van der Waals surface area contributed by atoms with Crippen LogP contribution >= 0.6 is 7.26 Å². The van der Waals surface area contributed by atoms with Gasteiger partial charge < -0.3 is 17.5 Å². The maximum atomic E-state index is 10.2. The zero-order valence-electron chi connectivity index (χ0n) is 21.9. The molecule has 0 saturated carbocycles. The molecular formula is C33H38ClOP. The molecule has 1 nitrogen and oxygen atoms in total. The van der Waals surface area contributed by atoms with E-state index in [1.165, 1.54) is 32.6 Å². The summed E-state index contributed by atoms with van der Waals surface area (Å²) in [5.41, 5.74) is 3.94. The van der Waals surface area contributed by atoms with E-state index >= 15 is 0 Å². The van der Waals surface area contributed by atoms with Gasteiger partial charge in [0.05, 0.1) is 12.3 Å². The van der Waals surface area contributed by atoms with Crippen molar-refractivity contribution < 1.29 is 17.5 Å². The molecule has 3 aromatic carbocycles. The summed E-state index contributed by atoms with van der Waals surface area (Å²) < 4.78 is 0. The number of benzene rings is 3. The minimum Gasteiger partial charge on any atom is -1.00 e. The minimum absolute atomic E-state index is 0. The highest BCUT2D eigenvalue weighted by Crippen LogP contribution is 2.55. The number of aliphatic hydroxyl groups excluding tert-OH is 1. The number of halogens is 1. The van der Waals surface area contributed by atoms with Crippen molar-refractivity contribution in [3.05, 3.63) is 126 Å². The van der Waals surface area contributed by atoms with E-state index in [9.17, 15) is 5.11 Å². The van der Waals surface area contributed by atoms with Gasteiger partial charge in [-0.25, -0.2) is 0 Å². The van der Waals surface area contributed by atoms with Crippen LogP contribution in [0, 0.1) is 5.41 Å². The molecule has 0 bridgehead atoms. The molecule has 1 aliphatic rings. The van der Waals surface area contributed by atoms with Crippen molar-refractivity contribution in [2.75, 3.05) is 6.16 Å². The summed E-state index contributed by atoms with van der Waals surface area (Å²) in [6.45, 7) is 8.87. The van der Waals surface area contributed by atoms with Gasteiger partial charge in [0, 0.05) is 0 Å². The van der Waals surface area contributed by atoms with Crippen molar-refractivity contribution in [3.63, 3.8) is 0 Å². The third-order valence-corrected chi connectivity index (χ3v) is 11.5. The fraction of sp³-hybridized carbons (Fsp3) is 0.273. The number of hydrogen-bond acceptors (Lipinski definition) is 1. The molecule has 1 N–H and O–H groups in total. The van der Waals surface area contributed by atoms with E-state index in [0.717, 1.165) is 19.0 Å². The molecule has 0 amide bonds. The van der Waals surface area contributed by atoms with Crippen molar-refractivity contribution >= 4 is 23.2 Å². The largest absolute Gasteiger partial charge is 1.00 e. The minimum atomic E-state index is -1.86. The molecule has 3 heteroatoms. The first-order valence-corrected chi connectivity index (χ1v) is 14.6. The molecule has 4 rings (SSSR count). The zero-order chi connectivity index (χ0) is 24.9. The van der Waals surface area contributed by atoms with Crippen molar-refractivity contribution in [2.45, 2.75) is 46.6 Å². The normalized spacial score (nSPS) is 18.2. The predicted octanol–water partition coefficient (Wildman–Crippen LogP) is 3.98. The van der Waals surface area contributed by atoms with Gasteiger partial charge >= 0.3 is 0 Å². The first-order chi connectivity index (χ1) is 16.8. The van der Waals surface area contributed by atoms with Crippen LogP contribution in [-0.4, -0.2) is 17.4 Å². The average Bonchev–Trinajstić information content (AvgIpc) is 2.85. The van der Waals surface area contributed by atoms with Crippen LogP contribution in [0.3, 0.4) is 0 Å². The summed E-state index contributed by atoms with van der Waals surface area (Å²) >= 11 is 0. The fourth-order valence-electron chi connectivity index (χ4n) is 5.55. The molecule has 0 unspecified atom stereocenters. The Hall–Kier alpha value is -2.44. The number of allylic oxidation sites excluding steroid dienone is 5. The fourth-order valence-corrected chi connectivity index (χ4v) is 9.69. The topological polar surface area (TPSA) is 20.2 Å². The Kier molecular flexibility index (Phi) is 9.53. The van der Waals surface area contributed by atoms with Crippen LogP contribution in [0.2, 0.25) is 0 Å². The third kappa shape index (κ3) is 6.09. The molecule has 1 atom stereocenters. The van der Waals surface area contributed by atoms with E-state index in [1.54, 1.807) is 0 Å². The van der Waals surface area contributed by atoms with E-state index in [2.05, 4.69) is 137 Å². The van der Waals surface area contributed by atoms with Gasteiger partial charge in [0.25, 0.3) is 0 Å². The zero-order valence-corrected chi connectivity index (χ0v) is 23.5. The number of rotatable bonds is 7. The summed E-state index contributed by atoms with van der Waals surface area (Å²) in [6, 6.07) is 33.1. The Morgan fingerprint density at radius 1 is 0.861 bits per heavy atom. The quantitative estimate of drug-likeness (QED) is 0.372. The van der Waals surface area contributed by atoms with Gasteiger partial charge in [-0.2, -0.15) is 0 Å². The second-order valence-electron chi connectivity index (χ2n) is 10.4. The smallest absolute Gasteiger partial charge is 0.115 e. The van der Waals surface area contributed by atoms with E-state index in [0.29, 0.717) is 0 Å². The highest BCUT2D eigenvalue weighted by atomic mass is 35.5. The molecule has 0 saturated heterocycles. The van der Waals surface area contributed by atoms with Gasteiger partial charge in [0.1, 0.15) is 23.2 Å². The lowest BCUT2D eigenvalue weighted by Gasteiger charge is -2.35. The summed E-state index contributed by atoms with van der Waals surface area (Å²) in [5, 5.41) is 14.5. The van der Waals surface area contributed by atoms with Gasteiger partial charge in [-0.05, 0) is 80.2 Å². The Balaban J connectivity index is 0.00000361. The van der Waals surface area contributed by atoms with E-state index in [4.69, 9.17) is 0 Å². The van der Waals surface area contributed by atoms with Crippen molar-refractivity contribution in [3.8, 4) is 0 Å². The van der Waals surface area contributed by atoms with Gasteiger partial charge in [0.15, 0.2) is 0 Å². The van der Waals surface area contributed by atoms with E-state index < -0.39 is 7.26 Å². The Morgan fingerprint density at radius 3 is 1.72 bits per heavy atom. The van der Waals surface area contributed by atoms with Gasteiger partial charge in [-0.1, -0.05) is 91.7 Å². The first-order valence-electron chi connectivity index (χ1n) is 12.6. The molecule has 0 radical (unpaired) electrons.